The topological polar surface area (TPSA) is 9.23 Å². The van der Waals surface area contributed by atoms with Crippen LogP contribution >= 0.6 is 19.5 Å². The van der Waals surface area contributed by atoms with Crippen LogP contribution in [0, 0.1) is 0 Å². The maximum absolute atomic E-state index is 6.25. The summed E-state index contributed by atoms with van der Waals surface area (Å²) in [4.78, 5) is 0. The molecule has 0 heterocycles. The van der Waals surface area contributed by atoms with Crippen molar-refractivity contribution in [2.75, 3.05) is 7.11 Å². The lowest BCUT2D eigenvalue weighted by Gasteiger charge is -2.21. The van der Waals surface area contributed by atoms with E-state index in [2.05, 4.69) is 48.5 Å². The second kappa shape index (κ2) is 6.96. The third kappa shape index (κ3) is 3.16. The summed E-state index contributed by atoms with van der Waals surface area (Å²) in [6, 6.07) is 26.9. The van der Waals surface area contributed by atoms with E-state index in [1.54, 1.807) is 7.11 Å². The lowest BCUT2D eigenvalue weighted by atomic mass is 10.3. The fourth-order valence-electron chi connectivity index (χ4n) is 2.42. The number of methoxy groups -OCH3 is 1. The maximum Gasteiger partial charge on any atom is 0.127 e. The van der Waals surface area contributed by atoms with Crippen LogP contribution in [0.5, 0.6) is 5.75 Å². The smallest absolute Gasteiger partial charge is 0.127 e. The van der Waals surface area contributed by atoms with Crippen molar-refractivity contribution in [1.29, 1.82) is 0 Å². The quantitative estimate of drug-likeness (QED) is 0.656. The number of hydrogen-bond acceptors (Lipinski definition) is 1. The van der Waals surface area contributed by atoms with Gasteiger partial charge in [-0.15, -0.1) is 0 Å². The molecule has 0 aliphatic rings. The van der Waals surface area contributed by atoms with Gasteiger partial charge < -0.3 is 4.74 Å². The summed E-state index contributed by atoms with van der Waals surface area (Å²) < 4.78 is 5.58. The molecule has 3 rings (SSSR count). The van der Waals surface area contributed by atoms with E-state index < -0.39 is 7.92 Å². The first-order valence-electron chi connectivity index (χ1n) is 7.03. The van der Waals surface area contributed by atoms with Gasteiger partial charge in [0.1, 0.15) is 5.75 Å². The molecule has 0 aliphatic heterocycles. The van der Waals surface area contributed by atoms with E-state index in [0.717, 1.165) is 16.1 Å². The van der Waals surface area contributed by atoms with Crippen LogP contribution in [0.25, 0.3) is 0 Å². The average molecular weight is 327 g/mol. The summed E-state index contributed by atoms with van der Waals surface area (Å²) in [6.45, 7) is 0. The van der Waals surface area contributed by atoms with E-state index in [1.165, 1.54) is 10.6 Å². The van der Waals surface area contributed by atoms with E-state index >= 15 is 0 Å². The number of rotatable bonds is 4. The number of ether oxygens (including phenoxy) is 1. The minimum atomic E-state index is -0.698. The van der Waals surface area contributed by atoms with Gasteiger partial charge in [0.2, 0.25) is 0 Å². The first-order valence-corrected chi connectivity index (χ1v) is 8.75. The molecule has 0 unspecified atom stereocenters. The van der Waals surface area contributed by atoms with Crippen molar-refractivity contribution in [2.45, 2.75) is 0 Å². The van der Waals surface area contributed by atoms with Crippen LogP contribution in [0.15, 0.2) is 78.9 Å². The monoisotopic (exact) mass is 326 g/mol. The van der Waals surface area contributed by atoms with Crippen LogP contribution in [0.2, 0.25) is 5.02 Å². The Hall–Kier alpha value is -1.82. The van der Waals surface area contributed by atoms with Crippen LogP contribution in [-0.4, -0.2) is 7.11 Å². The molecule has 110 valence electrons. The maximum atomic E-state index is 6.25. The largest absolute Gasteiger partial charge is 0.496 e. The molecule has 3 heteroatoms. The van der Waals surface area contributed by atoms with Crippen molar-refractivity contribution in [3.05, 3.63) is 83.9 Å². The van der Waals surface area contributed by atoms with Gasteiger partial charge in [-0.05, 0) is 36.7 Å². The highest BCUT2D eigenvalue weighted by Gasteiger charge is 2.20. The molecule has 3 aromatic carbocycles. The highest BCUT2D eigenvalue weighted by Crippen LogP contribution is 2.37. The molecule has 0 spiro atoms. The molecular weight excluding hydrogens is 311 g/mol. The van der Waals surface area contributed by atoms with E-state index in [1.807, 2.05) is 30.3 Å². The van der Waals surface area contributed by atoms with Gasteiger partial charge in [-0.1, -0.05) is 72.3 Å². The fraction of sp³-hybridized carbons (Fsp3) is 0.0526. The Morgan fingerprint density at radius 2 is 1.32 bits per heavy atom. The third-order valence-corrected chi connectivity index (χ3v) is 6.11. The van der Waals surface area contributed by atoms with Crippen molar-refractivity contribution in [1.82, 2.24) is 0 Å². The molecule has 0 atom stereocenters. The van der Waals surface area contributed by atoms with Crippen LogP contribution < -0.4 is 20.7 Å². The Bertz CT molecular complexity index is 704. The minimum absolute atomic E-state index is 0.698. The summed E-state index contributed by atoms with van der Waals surface area (Å²) in [6.07, 6.45) is 0. The SMILES string of the molecule is COc1ccc(Cl)cc1P(c1ccccc1)c1ccccc1. The van der Waals surface area contributed by atoms with Gasteiger partial charge in [0.05, 0.1) is 7.11 Å². The van der Waals surface area contributed by atoms with Gasteiger partial charge >= 0.3 is 0 Å². The van der Waals surface area contributed by atoms with E-state index in [0.29, 0.717) is 0 Å². The molecule has 0 aromatic heterocycles. The molecule has 0 fully saturated rings. The molecule has 0 bridgehead atoms. The molecule has 3 aromatic rings. The lowest BCUT2D eigenvalue weighted by Crippen LogP contribution is -2.21. The zero-order chi connectivity index (χ0) is 15.4. The normalized spacial score (nSPS) is 10.7. The van der Waals surface area contributed by atoms with Crippen LogP contribution in [0.4, 0.5) is 0 Å². The van der Waals surface area contributed by atoms with Crippen molar-refractivity contribution in [2.24, 2.45) is 0 Å². The first kappa shape index (κ1) is 15.1. The van der Waals surface area contributed by atoms with Crippen molar-refractivity contribution < 1.29 is 4.74 Å². The number of benzene rings is 3. The number of halogens is 1. The van der Waals surface area contributed by atoms with Crippen molar-refractivity contribution in [3.63, 3.8) is 0 Å². The molecular formula is C19H16ClOP. The highest BCUT2D eigenvalue weighted by molar-refractivity contribution is 7.80. The molecule has 0 amide bonds. The summed E-state index contributed by atoms with van der Waals surface area (Å²) >= 11 is 6.25. The highest BCUT2D eigenvalue weighted by atomic mass is 35.5. The Morgan fingerprint density at radius 1 is 0.773 bits per heavy atom. The van der Waals surface area contributed by atoms with Crippen molar-refractivity contribution >= 4 is 35.4 Å². The van der Waals surface area contributed by atoms with Crippen LogP contribution in [0.1, 0.15) is 0 Å². The molecule has 0 N–H and O–H groups in total. The van der Waals surface area contributed by atoms with E-state index in [-0.39, 0.29) is 0 Å². The molecule has 0 saturated heterocycles. The molecule has 22 heavy (non-hydrogen) atoms. The summed E-state index contributed by atoms with van der Waals surface area (Å²) in [5, 5.41) is 4.44. The minimum Gasteiger partial charge on any atom is -0.496 e. The van der Waals surface area contributed by atoms with Crippen LogP contribution in [-0.2, 0) is 0 Å². The molecule has 0 aliphatic carbocycles. The Balaban J connectivity index is 2.21. The van der Waals surface area contributed by atoms with Gasteiger partial charge in [-0.2, -0.15) is 0 Å². The summed E-state index contributed by atoms with van der Waals surface area (Å²) in [5.41, 5.74) is 0. The van der Waals surface area contributed by atoms with E-state index in [4.69, 9.17) is 16.3 Å². The fourth-order valence-corrected chi connectivity index (χ4v) is 5.12. The zero-order valence-electron chi connectivity index (χ0n) is 12.2. The lowest BCUT2D eigenvalue weighted by molar-refractivity contribution is 0.418. The van der Waals surface area contributed by atoms with Gasteiger partial charge in [0.15, 0.2) is 0 Å². The van der Waals surface area contributed by atoms with Gasteiger partial charge in [-0.3, -0.25) is 0 Å². The van der Waals surface area contributed by atoms with E-state index in [9.17, 15) is 0 Å². The summed E-state index contributed by atoms with van der Waals surface area (Å²) in [5.74, 6) is 0.878. The van der Waals surface area contributed by atoms with Gasteiger partial charge in [0, 0.05) is 10.3 Å². The second-order valence-electron chi connectivity index (χ2n) is 4.82. The van der Waals surface area contributed by atoms with Gasteiger partial charge in [0.25, 0.3) is 0 Å². The Labute approximate surface area is 137 Å². The van der Waals surface area contributed by atoms with Gasteiger partial charge in [-0.25, -0.2) is 0 Å². The third-order valence-electron chi connectivity index (χ3n) is 3.41. The standard InChI is InChI=1S/C19H16ClOP/c1-21-18-13-12-15(20)14-19(18)22(16-8-4-2-5-9-16)17-10-6-3-7-11-17/h2-14H,1H3. The van der Waals surface area contributed by atoms with Crippen molar-refractivity contribution in [3.8, 4) is 5.75 Å². The Morgan fingerprint density at radius 3 is 1.82 bits per heavy atom. The molecule has 0 saturated carbocycles. The second-order valence-corrected chi connectivity index (χ2v) is 7.44. The first-order chi connectivity index (χ1) is 10.8. The zero-order valence-corrected chi connectivity index (χ0v) is 13.9. The average Bonchev–Trinajstić information content (AvgIpc) is 2.57. The van der Waals surface area contributed by atoms with Crippen LogP contribution in [0.3, 0.4) is 0 Å². The number of hydrogen-bond donors (Lipinski definition) is 0. The predicted molar refractivity (Wildman–Crippen MR) is 96.7 cm³/mol. The Kier molecular flexibility index (Phi) is 4.77. The summed E-state index contributed by atoms with van der Waals surface area (Å²) in [7, 11) is 1.01. The predicted octanol–water partition coefficient (Wildman–Crippen LogP) is 4.11. The molecule has 0 radical (unpaired) electrons. The molecule has 1 nitrogen and oxygen atoms in total.